The van der Waals surface area contributed by atoms with Gasteiger partial charge in [-0.3, -0.25) is 0 Å². The Kier molecular flexibility index (Phi) is 3.82. The minimum absolute atomic E-state index is 0.244. The molecule has 0 amide bonds. The lowest BCUT2D eigenvalue weighted by Gasteiger charge is -2.30. The molecule has 0 bridgehead atoms. The molecule has 1 nitrogen and oxygen atoms in total. The first kappa shape index (κ1) is 15.3. The third kappa shape index (κ3) is 3.27. The van der Waals surface area contributed by atoms with Crippen LogP contribution < -0.4 is 5.19 Å². The van der Waals surface area contributed by atoms with E-state index in [-0.39, 0.29) is 5.60 Å². The molecule has 3 rings (SSSR count). The van der Waals surface area contributed by atoms with Crippen LogP contribution in [0.15, 0.2) is 30.3 Å². The summed E-state index contributed by atoms with van der Waals surface area (Å²) in [5, 5.41) is 1.62. The number of ether oxygens (including phenoxy) is 1. The van der Waals surface area contributed by atoms with Gasteiger partial charge in [0.1, 0.15) is 0 Å². The van der Waals surface area contributed by atoms with Gasteiger partial charge in [0, 0.05) is 0 Å². The molecule has 1 aliphatic heterocycles. The van der Waals surface area contributed by atoms with E-state index in [0.717, 1.165) is 6.61 Å². The fourth-order valence-corrected chi connectivity index (χ4v) is 7.66. The van der Waals surface area contributed by atoms with Crippen LogP contribution in [-0.4, -0.2) is 20.3 Å². The second kappa shape index (κ2) is 5.24. The van der Waals surface area contributed by atoms with Crippen LogP contribution >= 0.6 is 0 Å². The second-order valence-corrected chi connectivity index (χ2v) is 13.1. The second-order valence-electron chi connectivity index (χ2n) is 8.43. The van der Waals surface area contributed by atoms with Gasteiger partial charge in [-0.05, 0) is 43.1 Å². The van der Waals surface area contributed by atoms with Gasteiger partial charge in [-0.25, -0.2) is 0 Å². The molecule has 2 aliphatic rings. The molecule has 0 N–H and O–H groups in total. The first-order chi connectivity index (χ1) is 9.88. The maximum absolute atomic E-state index is 5.81. The van der Waals surface area contributed by atoms with Gasteiger partial charge in [0.25, 0.3) is 0 Å². The SMILES string of the molecule is CC(C)C1(CCC2(C[Si](C)(C)c3ccccc3)CC2)CO1. The van der Waals surface area contributed by atoms with Crippen molar-refractivity contribution in [1.82, 2.24) is 0 Å². The largest absolute Gasteiger partial charge is 0.369 e. The van der Waals surface area contributed by atoms with Gasteiger partial charge in [-0.1, -0.05) is 62.5 Å². The van der Waals surface area contributed by atoms with E-state index >= 15 is 0 Å². The lowest BCUT2D eigenvalue weighted by atomic mass is 9.88. The monoisotopic (exact) mass is 302 g/mol. The van der Waals surface area contributed by atoms with E-state index in [1.54, 1.807) is 5.19 Å². The highest BCUT2D eigenvalue weighted by atomic mass is 28.3. The predicted molar refractivity (Wildman–Crippen MR) is 92.8 cm³/mol. The van der Waals surface area contributed by atoms with E-state index in [2.05, 4.69) is 57.3 Å². The number of benzene rings is 1. The molecule has 1 aliphatic carbocycles. The van der Waals surface area contributed by atoms with Crippen LogP contribution in [0.25, 0.3) is 0 Å². The highest BCUT2D eigenvalue weighted by molar-refractivity contribution is 6.89. The standard InChI is InChI=1S/C19H30OSi/c1-16(2)19(14-20-19)13-12-18(10-11-18)15-21(3,4)17-8-6-5-7-9-17/h5-9,16H,10-15H2,1-4H3. The van der Waals surface area contributed by atoms with Gasteiger partial charge in [0.05, 0.1) is 20.3 Å². The Labute approximate surface area is 131 Å². The highest BCUT2D eigenvalue weighted by Crippen LogP contribution is 2.57. The Morgan fingerprint density at radius 1 is 1.10 bits per heavy atom. The van der Waals surface area contributed by atoms with E-state index < -0.39 is 8.07 Å². The maximum atomic E-state index is 5.81. The average molecular weight is 303 g/mol. The first-order valence-electron chi connectivity index (χ1n) is 8.57. The Bertz CT molecular complexity index is 484. The molecular formula is C19H30OSi. The van der Waals surface area contributed by atoms with Gasteiger partial charge >= 0.3 is 0 Å². The van der Waals surface area contributed by atoms with Crippen molar-refractivity contribution in [2.45, 2.75) is 64.3 Å². The molecule has 1 unspecified atom stereocenters. The Hall–Kier alpha value is -0.603. The molecule has 1 aromatic rings. The molecule has 0 aromatic heterocycles. The predicted octanol–water partition coefficient (Wildman–Crippen LogP) is 4.59. The molecule has 116 valence electrons. The van der Waals surface area contributed by atoms with Gasteiger partial charge < -0.3 is 4.74 Å². The van der Waals surface area contributed by atoms with Crippen LogP contribution in [-0.2, 0) is 4.74 Å². The fraction of sp³-hybridized carbons (Fsp3) is 0.684. The summed E-state index contributed by atoms with van der Waals surface area (Å²) in [7, 11) is -1.30. The van der Waals surface area contributed by atoms with E-state index in [9.17, 15) is 0 Å². The van der Waals surface area contributed by atoms with Gasteiger partial charge in [-0.2, -0.15) is 0 Å². The van der Waals surface area contributed by atoms with Crippen LogP contribution in [0.4, 0.5) is 0 Å². The fourth-order valence-electron chi connectivity index (χ4n) is 3.96. The summed E-state index contributed by atoms with van der Waals surface area (Å²) in [6.07, 6.45) is 5.56. The molecule has 2 fully saturated rings. The minimum Gasteiger partial charge on any atom is -0.369 e. The van der Waals surface area contributed by atoms with Crippen molar-refractivity contribution in [3.63, 3.8) is 0 Å². The summed E-state index contributed by atoms with van der Waals surface area (Å²) in [5.41, 5.74) is 0.896. The summed E-state index contributed by atoms with van der Waals surface area (Å²) >= 11 is 0. The summed E-state index contributed by atoms with van der Waals surface area (Å²) in [6.45, 7) is 10.7. The minimum atomic E-state index is -1.30. The third-order valence-electron chi connectivity index (χ3n) is 5.98. The van der Waals surface area contributed by atoms with E-state index in [1.807, 2.05) is 0 Å². The number of rotatable bonds is 7. The van der Waals surface area contributed by atoms with Crippen LogP contribution in [0.3, 0.4) is 0 Å². The number of epoxide rings is 1. The molecule has 0 radical (unpaired) electrons. The molecule has 21 heavy (non-hydrogen) atoms. The molecule has 1 saturated heterocycles. The van der Waals surface area contributed by atoms with Crippen molar-refractivity contribution < 1.29 is 4.74 Å². The zero-order chi connectivity index (χ0) is 15.1. The van der Waals surface area contributed by atoms with Crippen LogP contribution in [0, 0.1) is 11.3 Å². The summed E-state index contributed by atoms with van der Waals surface area (Å²) in [5.74, 6) is 0.674. The van der Waals surface area contributed by atoms with E-state index in [4.69, 9.17) is 4.74 Å². The van der Waals surface area contributed by atoms with E-state index in [0.29, 0.717) is 11.3 Å². The summed E-state index contributed by atoms with van der Waals surface area (Å²) in [6, 6.07) is 12.7. The molecule has 1 heterocycles. The van der Waals surface area contributed by atoms with Gasteiger partial charge in [0.15, 0.2) is 0 Å². The van der Waals surface area contributed by atoms with Crippen molar-refractivity contribution >= 4 is 13.3 Å². The smallest absolute Gasteiger partial charge is 0.0939 e. The van der Waals surface area contributed by atoms with Gasteiger partial charge in [-0.15, -0.1) is 0 Å². The zero-order valence-corrected chi connectivity index (χ0v) is 15.1. The first-order valence-corrected chi connectivity index (χ1v) is 11.8. The lowest BCUT2D eigenvalue weighted by Crippen LogP contribution is -2.43. The number of hydrogen-bond acceptors (Lipinski definition) is 1. The summed E-state index contributed by atoms with van der Waals surface area (Å²) in [4.78, 5) is 0. The molecule has 1 atom stereocenters. The Balaban J connectivity index is 1.62. The van der Waals surface area contributed by atoms with Crippen LogP contribution in [0.5, 0.6) is 0 Å². The van der Waals surface area contributed by atoms with Gasteiger partial charge in [0.2, 0.25) is 0 Å². The van der Waals surface area contributed by atoms with Crippen molar-refractivity contribution in [3.8, 4) is 0 Å². The molecule has 1 saturated carbocycles. The molecular weight excluding hydrogens is 272 g/mol. The Morgan fingerprint density at radius 2 is 1.71 bits per heavy atom. The summed E-state index contributed by atoms with van der Waals surface area (Å²) < 4.78 is 5.81. The number of hydrogen-bond donors (Lipinski definition) is 0. The van der Waals surface area contributed by atoms with Crippen LogP contribution in [0.2, 0.25) is 19.1 Å². The molecule has 0 spiro atoms. The molecule has 1 aromatic carbocycles. The molecule has 2 heteroatoms. The van der Waals surface area contributed by atoms with Crippen molar-refractivity contribution in [3.05, 3.63) is 30.3 Å². The maximum Gasteiger partial charge on any atom is 0.0939 e. The normalized spacial score (nSPS) is 26.9. The van der Waals surface area contributed by atoms with Crippen molar-refractivity contribution in [2.24, 2.45) is 11.3 Å². The topological polar surface area (TPSA) is 12.5 Å². The quantitative estimate of drug-likeness (QED) is 0.530. The highest BCUT2D eigenvalue weighted by Gasteiger charge is 2.52. The van der Waals surface area contributed by atoms with Crippen molar-refractivity contribution in [2.75, 3.05) is 6.61 Å². The zero-order valence-electron chi connectivity index (χ0n) is 14.1. The Morgan fingerprint density at radius 3 is 2.19 bits per heavy atom. The lowest BCUT2D eigenvalue weighted by molar-refractivity contribution is 0.210. The third-order valence-corrected chi connectivity index (χ3v) is 9.51. The van der Waals surface area contributed by atoms with Crippen molar-refractivity contribution in [1.29, 1.82) is 0 Å². The average Bonchev–Trinajstić information content (AvgIpc) is 3.33. The van der Waals surface area contributed by atoms with E-state index in [1.165, 1.54) is 31.7 Å². The van der Waals surface area contributed by atoms with Crippen LogP contribution in [0.1, 0.15) is 39.5 Å².